The Labute approximate surface area is 221 Å². The Bertz CT molecular complexity index is 1410. The molecular formula is C26H28F3N5O3S. The van der Waals surface area contributed by atoms with Crippen molar-refractivity contribution in [2.75, 3.05) is 36.8 Å². The van der Waals surface area contributed by atoms with Crippen LogP contribution in [-0.2, 0) is 16.1 Å². The largest absolute Gasteiger partial charge is 0.391 e. The molecule has 1 saturated heterocycles. The molecule has 0 unspecified atom stereocenters. The van der Waals surface area contributed by atoms with Gasteiger partial charge < -0.3 is 16.0 Å². The normalized spacial score (nSPS) is 14.9. The van der Waals surface area contributed by atoms with Crippen molar-refractivity contribution in [1.82, 2.24) is 14.8 Å². The molecular weight excluding hydrogens is 519 g/mol. The zero-order chi connectivity index (χ0) is 27.7. The SMILES string of the molecule is C#CCNC(=O)/C=c1\sc(=C=CNc2cccc(NC(=O)CN3CCC(C(F)(F)F)CC3)c2)c(=O)n1CC. The second-order valence-corrected chi connectivity index (χ2v) is 9.57. The average Bonchev–Trinajstić information content (AvgIpc) is 3.16. The topological polar surface area (TPSA) is 95.5 Å². The number of hydrogen-bond donors (Lipinski definition) is 3. The summed E-state index contributed by atoms with van der Waals surface area (Å²) < 4.78 is 40.7. The van der Waals surface area contributed by atoms with E-state index in [0.717, 1.165) is 11.3 Å². The molecule has 3 N–H and O–H groups in total. The fraction of sp³-hybridized carbons (Fsp3) is 0.385. The highest BCUT2D eigenvalue weighted by atomic mass is 32.1. The van der Waals surface area contributed by atoms with E-state index in [4.69, 9.17) is 6.42 Å². The monoisotopic (exact) mass is 547 g/mol. The molecule has 0 aliphatic carbocycles. The lowest BCUT2D eigenvalue weighted by molar-refractivity contribution is -0.184. The van der Waals surface area contributed by atoms with Crippen LogP contribution >= 0.6 is 11.3 Å². The Kier molecular flexibility index (Phi) is 9.96. The molecule has 2 heterocycles. The standard InChI is InChI=1S/C26H28F3N5O3S/c1-3-11-31-22(35)16-24-34(4-2)25(37)21(38-24)8-12-30-19-6-5-7-20(15-19)32-23(36)17-33-13-9-18(10-14-33)26(27,28)29/h1,5-7,12,15-16,18,30H,4,9-11,13-14,17H2,2H3,(H,31,35)(H,32,36)/b24-16-. The maximum Gasteiger partial charge on any atom is 0.391 e. The van der Waals surface area contributed by atoms with Gasteiger partial charge in [0, 0.05) is 30.2 Å². The molecule has 0 saturated carbocycles. The third kappa shape index (κ3) is 8.11. The Morgan fingerprint density at radius 2 is 1.95 bits per heavy atom. The van der Waals surface area contributed by atoms with E-state index in [1.54, 1.807) is 36.1 Å². The number of likely N-dealkylation sites (tertiary alicyclic amines) is 1. The molecule has 1 aromatic carbocycles. The summed E-state index contributed by atoms with van der Waals surface area (Å²) in [5.74, 6) is 0.286. The number of nitrogens with zero attached hydrogens (tertiary/aromatic N) is 2. The highest BCUT2D eigenvalue weighted by molar-refractivity contribution is 7.07. The highest BCUT2D eigenvalue weighted by Gasteiger charge is 2.41. The van der Waals surface area contributed by atoms with Gasteiger partial charge in [-0.25, -0.2) is 0 Å². The number of rotatable bonds is 8. The van der Waals surface area contributed by atoms with Gasteiger partial charge in [-0.3, -0.25) is 23.9 Å². The predicted octanol–water partition coefficient (Wildman–Crippen LogP) is 1.68. The van der Waals surface area contributed by atoms with Crippen molar-refractivity contribution < 1.29 is 22.8 Å². The van der Waals surface area contributed by atoms with Crippen LogP contribution in [0.5, 0.6) is 0 Å². The molecule has 1 aliphatic rings. The first-order chi connectivity index (χ1) is 18.1. The van der Waals surface area contributed by atoms with Crippen LogP contribution in [0.2, 0.25) is 0 Å². The van der Waals surface area contributed by atoms with Crippen LogP contribution in [0.15, 0.2) is 35.3 Å². The molecule has 2 amide bonds. The molecule has 2 aromatic rings. The molecule has 1 aromatic heterocycles. The van der Waals surface area contributed by atoms with Crippen molar-refractivity contribution in [3.05, 3.63) is 50.0 Å². The molecule has 1 fully saturated rings. The van der Waals surface area contributed by atoms with Crippen molar-refractivity contribution >= 4 is 46.3 Å². The number of alkyl halides is 3. The van der Waals surface area contributed by atoms with Crippen molar-refractivity contribution in [2.45, 2.75) is 32.5 Å². The summed E-state index contributed by atoms with van der Waals surface area (Å²) in [7, 11) is 0. The molecule has 0 bridgehead atoms. The van der Waals surface area contributed by atoms with Gasteiger partial charge in [0.2, 0.25) is 11.8 Å². The third-order valence-electron chi connectivity index (χ3n) is 5.85. The van der Waals surface area contributed by atoms with E-state index in [1.807, 2.05) is 0 Å². The zero-order valence-corrected chi connectivity index (χ0v) is 21.5. The Balaban J connectivity index is 1.64. The summed E-state index contributed by atoms with van der Waals surface area (Å²) in [5.41, 5.74) is 3.74. The molecule has 202 valence electrons. The first-order valence-electron chi connectivity index (χ1n) is 11.9. The number of aromatic nitrogens is 1. The van der Waals surface area contributed by atoms with E-state index in [-0.39, 0.29) is 50.5 Å². The number of carbonyl (C=O) groups is 2. The van der Waals surface area contributed by atoms with Crippen molar-refractivity contribution in [2.24, 2.45) is 5.92 Å². The number of terminal acetylenes is 1. The summed E-state index contributed by atoms with van der Waals surface area (Å²) in [6.45, 7) is 2.70. The van der Waals surface area contributed by atoms with Gasteiger partial charge in [-0.2, -0.15) is 13.2 Å². The summed E-state index contributed by atoms with van der Waals surface area (Å²) in [6.07, 6.45) is 3.70. The van der Waals surface area contributed by atoms with Gasteiger partial charge >= 0.3 is 6.18 Å². The number of nitrogens with one attached hydrogen (secondary N) is 3. The van der Waals surface area contributed by atoms with Crippen LogP contribution in [0.25, 0.3) is 11.8 Å². The summed E-state index contributed by atoms with van der Waals surface area (Å²) >= 11 is 1.11. The molecule has 38 heavy (non-hydrogen) atoms. The van der Waals surface area contributed by atoms with Crippen molar-refractivity contribution in [3.8, 4) is 12.3 Å². The Morgan fingerprint density at radius 1 is 1.24 bits per heavy atom. The van der Waals surface area contributed by atoms with Gasteiger partial charge in [0.15, 0.2) is 0 Å². The minimum atomic E-state index is -4.19. The van der Waals surface area contributed by atoms with Crippen molar-refractivity contribution in [1.29, 1.82) is 0 Å². The Morgan fingerprint density at radius 3 is 2.61 bits per heavy atom. The number of anilines is 2. The number of benzene rings is 1. The minimum Gasteiger partial charge on any atom is -0.355 e. The van der Waals surface area contributed by atoms with Gasteiger partial charge in [0.25, 0.3) is 5.56 Å². The molecule has 0 spiro atoms. The predicted molar refractivity (Wildman–Crippen MR) is 142 cm³/mol. The van der Waals surface area contributed by atoms with E-state index >= 15 is 0 Å². The van der Waals surface area contributed by atoms with E-state index in [1.165, 1.54) is 16.8 Å². The smallest absolute Gasteiger partial charge is 0.355 e. The maximum absolute atomic E-state index is 12.8. The number of amides is 2. The number of thiazole rings is 1. The van der Waals surface area contributed by atoms with Gasteiger partial charge in [-0.05, 0) is 51.1 Å². The fourth-order valence-electron chi connectivity index (χ4n) is 3.92. The van der Waals surface area contributed by atoms with E-state index < -0.39 is 18.0 Å². The van der Waals surface area contributed by atoms with Crippen LogP contribution in [0.4, 0.5) is 24.5 Å². The molecule has 3 rings (SSSR count). The molecule has 0 atom stereocenters. The number of carbonyl (C=O) groups excluding carboxylic acids is 2. The minimum absolute atomic E-state index is 0.00885. The van der Waals surface area contributed by atoms with Crippen LogP contribution in [-0.4, -0.2) is 53.6 Å². The lowest BCUT2D eigenvalue weighted by Gasteiger charge is -2.32. The quantitative estimate of drug-likeness (QED) is 0.438. The molecule has 0 radical (unpaired) electrons. The summed E-state index contributed by atoms with van der Waals surface area (Å²) in [5, 5.41) is 8.27. The van der Waals surface area contributed by atoms with E-state index in [9.17, 15) is 27.6 Å². The van der Waals surface area contributed by atoms with Crippen LogP contribution in [0, 0.1) is 18.3 Å². The molecule has 1 aliphatic heterocycles. The van der Waals surface area contributed by atoms with Gasteiger partial charge in [-0.15, -0.1) is 17.8 Å². The lowest BCUT2D eigenvalue weighted by Crippen LogP contribution is -2.42. The molecule has 12 heteroatoms. The number of hydrogen-bond acceptors (Lipinski definition) is 6. The third-order valence-corrected chi connectivity index (χ3v) is 6.90. The summed E-state index contributed by atoms with van der Waals surface area (Å²) in [4.78, 5) is 38.7. The first-order valence-corrected chi connectivity index (χ1v) is 12.8. The van der Waals surface area contributed by atoms with Crippen LogP contribution in [0.3, 0.4) is 0 Å². The van der Waals surface area contributed by atoms with E-state index in [0.29, 0.717) is 27.1 Å². The van der Waals surface area contributed by atoms with Gasteiger partial charge in [-0.1, -0.05) is 17.7 Å². The maximum atomic E-state index is 12.8. The first kappa shape index (κ1) is 28.8. The zero-order valence-electron chi connectivity index (χ0n) is 20.7. The summed E-state index contributed by atoms with van der Waals surface area (Å²) in [6, 6.07) is 6.85. The Hall–Kier alpha value is -3.78. The fourth-order valence-corrected chi connectivity index (χ4v) is 4.93. The van der Waals surface area contributed by atoms with Crippen LogP contribution < -0.4 is 30.7 Å². The second-order valence-electron chi connectivity index (χ2n) is 8.54. The lowest BCUT2D eigenvalue weighted by atomic mass is 9.96. The van der Waals surface area contributed by atoms with E-state index in [2.05, 4.69) is 27.6 Å². The van der Waals surface area contributed by atoms with Crippen LogP contribution in [0.1, 0.15) is 19.8 Å². The molecule has 8 nitrogen and oxygen atoms in total. The van der Waals surface area contributed by atoms with Gasteiger partial charge in [0.05, 0.1) is 19.0 Å². The van der Waals surface area contributed by atoms with Gasteiger partial charge in [0.1, 0.15) is 9.20 Å². The van der Waals surface area contributed by atoms with Crippen molar-refractivity contribution in [3.63, 3.8) is 0 Å². The highest BCUT2D eigenvalue weighted by Crippen LogP contribution is 2.34. The second kappa shape index (κ2) is 13.1. The number of piperidine rings is 1. The average molecular weight is 548 g/mol. The number of halogens is 3.